The minimum atomic E-state index is -0.425. The van der Waals surface area contributed by atoms with Crippen LogP contribution in [0.15, 0.2) is 35.0 Å². The molecule has 1 aliphatic rings. The van der Waals surface area contributed by atoms with Crippen LogP contribution in [0, 0.1) is 13.5 Å². The summed E-state index contributed by atoms with van der Waals surface area (Å²) in [5.41, 5.74) is 3.90. The Morgan fingerprint density at radius 2 is 2.06 bits per heavy atom. The summed E-state index contributed by atoms with van der Waals surface area (Å²) >= 11 is 0. The van der Waals surface area contributed by atoms with Crippen LogP contribution in [0.25, 0.3) is 26.8 Å². The van der Waals surface area contributed by atoms with Crippen LogP contribution in [0.3, 0.4) is 0 Å². The van der Waals surface area contributed by atoms with E-state index in [1.807, 2.05) is 25.1 Å². The largest absolute Gasteiger partial charge is 0.483 e. The van der Waals surface area contributed by atoms with E-state index in [-0.39, 0.29) is 12.5 Å². The smallest absolute Gasteiger partial charge is 0.290 e. The van der Waals surface area contributed by atoms with Crippen LogP contribution in [-0.4, -0.2) is 42.5 Å². The molecular weight excluding hydrogens is 410 g/mol. The van der Waals surface area contributed by atoms with E-state index in [4.69, 9.17) is 26.0 Å². The van der Waals surface area contributed by atoms with E-state index in [1.54, 1.807) is 12.3 Å². The zero-order chi connectivity index (χ0) is 22.7. The lowest BCUT2D eigenvalue weighted by molar-refractivity contribution is -0.122. The number of nitrogens with zero attached hydrogens (tertiary/aromatic N) is 5. The molecule has 1 fully saturated rings. The van der Waals surface area contributed by atoms with Gasteiger partial charge in [0.25, 0.3) is 6.47 Å². The molecule has 5 rings (SSSR count). The Morgan fingerprint density at radius 1 is 1.28 bits per heavy atom. The van der Waals surface area contributed by atoms with Gasteiger partial charge in [-0.2, -0.15) is 0 Å². The topological polar surface area (TPSA) is 119 Å². The molecule has 9 heteroatoms. The molecule has 2 N–H and O–H groups in total. The van der Waals surface area contributed by atoms with Gasteiger partial charge in [0, 0.05) is 11.5 Å². The van der Waals surface area contributed by atoms with E-state index in [0.29, 0.717) is 12.1 Å². The highest BCUT2D eigenvalue weighted by Crippen LogP contribution is 2.36. The van der Waals surface area contributed by atoms with Crippen LogP contribution in [0.2, 0.25) is 0 Å². The van der Waals surface area contributed by atoms with Crippen molar-refractivity contribution in [3.8, 4) is 0 Å². The second kappa shape index (κ2) is 9.16. The first-order valence-corrected chi connectivity index (χ1v) is 10.4. The van der Waals surface area contributed by atoms with E-state index >= 15 is 0 Å². The zero-order valence-electron chi connectivity index (χ0n) is 17.6. The van der Waals surface area contributed by atoms with E-state index in [2.05, 4.69) is 19.6 Å². The molecule has 1 saturated carbocycles. The van der Waals surface area contributed by atoms with Crippen molar-refractivity contribution >= 4 is 34.1 Å². The summed E-state index contributed by atoms with van der Waals surface area (Å²) < 4.78 is 7.40. The maximum absolute atomic E-state index is 10.8. The van der Waals surface area contributed by atoms with Gasteiger partial charge in [-0.25, -0.2) is 9.83 Å². The van der Waals surface area contributed by atoms with Crippen molar-refractivity contribution < 1.29 is 19.5 Å². The highest BCUT2D eigenvalue weighted by atomic mass is 16.5. The minimum absolute atomic E-state index is 0.0565. The van der Waals surface area contributed by atoms with Crippen molar-refractivity contribution in [2.75, 3.05) is 0 Å². The van der Waals surface area contributed by atoms with Gasteiger partial charge in [0.05, 0.1) is 48.1 Å². The predicted molar refractivity (Wildman–Crippen MR) is 118 cm³/mol. The highest BCUT2D eigenvalue weighted by molar-refractivity contribution is 6.03. The third-order valence-corrected chi connectivity index (χ3v) is 5.74. The average molecular weight is 433 g/mol. The number of benzene rings is 1. The molecule has 164 valence electrons. The van der Waals surface area contributed by atoms with Gasteiger partial charge in [0.1, 0.15) is 17.1 Å². The van der Waals surface area contributed by atoms with E-state index in [0.717, 1.165) is 64.9 Å². The molecule has 3 aromatic heterocycles. The van der Waals surface area contributed by atoms with Gasteiger partial charge in [0.15, 0.2) is 5.69 Å². The van der Waals surface area contributed by atoms with Crippen molar-refractivity contribution in [2.24, 2.45) is 0 Å². The van der Waals surface area contributed by atoms with Crippen LogP contribution in [-0.2, 0) is 11.2 Å². The molecule has 0 radical (unpaired) electrons. The maximum Gasteiger partial charge on any atom is 0.290 e. The van der Waals surface area contributed by atoms with E-state index in [1.165, 1.54) is 0 Å². The Morgan fingerprint density at radius 3 is 2.75 bits per heavy atom. The van der Waals surface area contributed by atoms with Crippen LogP contribution < -0.4 is 0 Å². The number of carbonyl (C=O) groups is 1. The monoisotopic (exact) mass is 433 g/mol. The van der Waals surface area contributed by atoms with Gasteiger partial charge in [0.2, 0.25) is 0 Å². The number of pyridine rings is 1. The molecule has 2 atom stereocenters. The number of aryl methyl sites for hydroxylation is 1. The number of aliphatic hydroxyl groups excluding tert-OH is 1. The number of aliphatic hydroxyl groups is 1. The second-order valence-corrected chi connectivity index (χ2v) is 7.83. The molecule has 0 unspecified atom stereocenters. The van der Waals surface area contributed by atoms with Crippen LogP contribution >= 0.6 is 0 Å². The van der Waals surface area contributed by atoms with Crippen molar-refractivity contribution in [3.05, 3.63) is 59.2 Å². The first-order chi connectivity index (χ1) is 15.5. The molecule has 0 amide bonds. The van der Waals surface area contributed by atoms with Gasteiger partial charge < -0.3 is 19.3 Å². The van der Waals surface area contributed by atoms with Gasteiger partial charge in [-0.05, 0) is 31.9 Å². The standard InChI is InChI=1S/C22H21N5O2.CH2O2/c1-13-9-15(26-29-13)11-21-25-18-12-24-17-8-7-14(23-2)10-16(17)22(18)27(21)19-5-3-4-6-20(19)28;2-1-3/h7-10,12,19-20,28H,3-6,11H2,1H3;1H,(H,2,3)/t19-,20+;/m0./s1. The lowest BCUT2D eigenvalue weighted by Gasteiger charge is -2.30. The van der Waals surface area contributed by atoms with Crippen molar-refractivity contribution in [1.29, 1.82) is 0 Å². The number of hydrogen-bond acceptors (Lipinski definition) is 6. The van der Waals surface area contributed by atoms with Crippen LogP contribution in [0.1, 0.15) is 49.0 Å². The normalized spacial score (nSPS) is 18.2. The fraction of sp³-hybridized carbons (Fsp3) is 0.348. The molecular formula is C23H23N5O4. The second-order valence-electron chi connectivity index (χ2n) is 7.83. The lowest BCUT2D eigenvalue weighted by Crippen LogP contribution is -2.28. The number of imidazole rings is 1. The third kappa shape index (κ3) is 4.05. The summed E-state index contributed by atoms with van der Waals surface area (Å²) in [5, 5.41) is 22.7. The average Bonchev–Trinajstić information content (AvgIpc) is 3.37. The maximum atomic E-state index is 10.8. The molecule has 1 aliphatic carbocycles. The van der Waals surface area contributed by atoms with Gasteiger partial charge in [-0.15, -0.1) is 0 Å². The number of carboxylic acid groups (broad SMARTS) is 1. The van der Waals surface area contributed by atoms with Gasteiger partial charge in [-0.3, -0.25) is 9.78 Å². The predicted octanol–water partition coefficient (Wildman–Crippen LogP) is 4.20. The molecule has 0 aliphatic heterocycles. The Kier molecular flexibility index (Phi) is 6.14. The molecule has 0 bridgehead atoms. The van der Waals surface area contributed by atoms with E-state index < -0.39 is 6.10 Å². The summed E-state index contributed by atoms with van der Waals surface area (Å²) in [7, 11) is 0. The van der Waals surface area contributed by atoms with Gasteiger partial charge >= 0.3 is 0 Å². The molecule has 0 saturated heterocycles. The number of fused-ring (bicyclic) bond motifs is 3. The lowest BCUT2D eigenvalue weighted by atomic mass is 9.92. The fourth-order valence-electron chi connectivity index (χ4n) is 4.42. The summed E-state index contributed by atoms with van der Waals surface area (Å²) in [6, 6.07) is 7.38. The Bertz CT molecular complexity index is 1300. The van der Waals surface area contributed by atoms with E-state index in [9.17, 15) is 5.11 Å². The minimum Gasteiger partial charge on any atom is -0.483 e. The third-order valence-electron chi connectivity index (χ3n) is 5.74. The fourth-order valence-corrected chi connectivity index (χ4v) is 4.42. The molecule has 4 aromatic rings. The first-order valence-electron chi connectivity index (χ1n) is 10.4. The molecule has 0 spiro atoms. The van der Waals surface area contributed by atoms with Crippen LogP contribution in [0.5, 0.6) is 0 Å². The summed E-state index contributed by atoms with van der Waals surface area (Å²) in [6.07, 6.45) is 5.64. The highest BCUT2D eigenvalue weighted by Gasteiger charge is 2.29. The van der Waals surface area contributed by atoms with Crippen LogP contribution in [0.4, 0.5) is 5.69 Å². The summed E-state index contributed by atoms with van der Waals surface area (Å²) in [4.78, 5) is 21.3. The molecule has 3 heterocycles. The Hall–Kier alpha value is -3.77. The SMILES string of the molecule is O=CO.[C-]#[N+]c1ccc2ncc3nc(Cc4cc(C)on4)n([C@H]4CCCC[C@H]4O)c3c2c1. The first kappa shape index (κ1) is 21.5. The van der Waals surface area contributed by atoms with Crippen molar-refractivity contribution in [2.45, 2.75) is 51.2 Å². The summed E-state index contributed by atoms with van der Waals surface area (Å²) in [5.74, 6) is 1.59. The summed E-state index contributed by atoms with van der Waals surface area (Å²) in [6.45, 7) is 9.01. The Balaban J connectivity index is 0.000000775. The molecule has 9 nitrogen and oxygen atoms in total. The quantitative estimate of drug-likeness (QED) is 0.367. The number of aromatic nitrogens is 4. The number of hydrogen-bond donors (Lipinski definition) is 2. The zero-order valence-corrected chi connectivity index (χ0v) is 17.6. The van der Waals surface area contributed by atoms with Crippen molar-refractivity contribution in [1.82, 2.24) is 19.7 Å². The van der Waals surface area contributed by atoms with Gasteiger partial charge in [-0.1, -0.05) is 24.1 Å². The number of rotatable bonds is 3. The molecule has 32 heavy (non-hydrogen) atoms. The molecule has 1 aromatic carbocycles. The van der Waals surface area contributed by atoms with Crippen molar-refractivity contribution in [3.63, 3.8) is 0 Å². The Labute approximate surface area is 184 Å².